The Labute approximate surface area is 142 Å². The zero-order chi connectivity index (χ0) is 17.7. The molecule has 1 aromatic carbocycles. The highest BCUT2D eigenvalue weighted by atomic mass is 19.3. The van der Waals surface area contributed by atoms with Crippen molar-refractivity contribution in [3.8, 4) is 0 Å². The summed E-state index contributed by atoms with van der Waals surface area (Å²) in [5, 5.41) is 5.92. The Bertz CT molecular complexity index is 537. The van der Waals surface area contributed by atoms with Crippen LogP contribution in [0, 0.1) is 13.8 Å². The standard InChI is InChI=1S/C18H27F2N3O/c1-12-8-13(2)10-15(9-12)14(3)21-18(24)22-16-4-6-23(7-5-16)11-17(19)20/h8-10,14,16-17H,4-7,11H2,1-3H3,(H2,21,22,24)/t14-/m0/s1. The molecule has 0 radical (unpaired) electrons. The molecule has 0 aromatic heterocycles. The van der Waals surface area contributed by atoms with Gasteiger partial charge in [-0.2, -0.15) is 0 Å². The molecule has 0 unspecified atom stereocenters. The van der Waals surface area contributed by atoms with Gasteiger partial charge in [0, 0.05) is 19.1 Å². The number of piperidine rings is 1. The summed E-state index contributed by atoms with van der Waals surface area (Å²) in [6.07, 6.45) is -0.882. The summed E-state index contributed by atoms with van der Waals surface area (Å²) in [4.78, 5) is 13.9. The minimum atomic E-state index is -2.29. The van der Waals surface area contributed by atoms with Gasteiger partial charge in [0.15, 0.2) is 0 Å². The zero-order valence-electron chi connectivity index (χ0n) is 14.6. The molecule has 2 amide bonds. The van der Waals surface area contributed by atoms with E-state index in [-0.39, 0.29) is 24.7 Å². The lowest BCUT2D eigenvalue weighted by Crippen LogP contribution is -2.48. The van der Waals surface area contributed by atoms with Gasteiger partial charge in [0.2, 0.25) is 0 Å². The van der Waals surface area contributed by atoms with Crippen LogP contribution in [0.2, 0.25) is 0 Å². The number of aryl methyl sites for hydroxylation is 2. The van der Waals surface area contributed by atoms with E-state index < -0.39 is 6.43 Å². The first-order valence-electron chi connectivity index (χ1n) is 8.49. The molecule has 1 atom stereocenters. The third-order valence-corrected chi connectivity index (χ3v) is 4.41. The van der Waals surface area contributed by atoms with Crippen LogP contribution < -0.4 is 10.6 Å². The van der Waals surface area contributed by atoms with Crippen LogP contribution in [-0.2, 0) is 0 Å². The Morgan fingerprint density at radius 2 is 1.79 bits per heavy atom. The first-order valence-corrected chi connectivity index (χ1v) is 8.49. The van der Waals surface area contributed by atoms with Crippen LogP contribution in [0.3, 0.4) is 0 Å². The maximum Gasteiger partial charge on any atom is 0.315 e. The highest BCUT2D eigenvalue weighted by molar-refractivity contribution is 5.74. The van der Waals surface area contributed by atoms with Gasteiger partial charge in [-0.25, -0.2) is 13.6 Å². The van der Waals surface area contributed by atoms with Crippen LogP contribution in [0.5, 0.6) is 0 Å². The van der Waals surface area contributed by atoms with Crippen LogP contribution in [0.1, 0.15) is 42.5 Å². The summed E-state index contributed by atoms with van der Waals surface area (Å²) in [6.45, 7) is 7.05. The molecule has 1 fully saturated rings. The number of halogens is 2. The van der Waals surface area contributed by atoms with E-state index in [1.165, 1.54) is 11.1 Å². The van der Waals surface area contributed by atoms with E-state index in [0.29, 0.717) is 25.9 Å². The monoisotopic (exact) mass is 339 g/mol. The molecule has 1 heterocycles. The summed E-state index contributed by atoms with van der Waals surface area (Å²) in [7, 11) is 0. The number of likely N-dealkylation sites (tertiary alicyclic amines) is 1. The van der Waals surface area contributed by atoms with Crippen molar-refractivity contribution in [1.29, 1.82) is 0 Å². The van der Waals surface area contributed by atoms with Crippen molar-refractivity contribution in [1.82, 2.24) is 15.5 Å². The SMILES string of the molecule is Cc1cc(C)cc([C@H](C)NC(=O)NC2CCN(CC(F)F)CC2)c1. The zero-order valence-corrected chi connectivity index (χ0v) is 14.6. The van der Waals surface area contributed by atoms with E-state index in [0.717, 1.165) is 5.56 Å². The normalized spacial score (nSPS) is 17.8. The maximum atomic E-state index is 12.4. The molecule has 24 heavy (non-hydrogen) atoms. The van der Waals surface area contributed by atoms with Crippen molar-refractivity contribution in [2.45, 2.75) is 52.1 Å². The van der Waals surface area contributed by atoms with Crippen molar-refractivity contribution in [2.24, 2.45) is 0 Å². The Kier molecular flexibility index (Phi) is 6.54. The largest absolute Gasteiger partial charge is 0.335 e. The van der Waals surface area contributed by atoms with Crippen LogP contribution in [0.4, 0.5) is 13.6 Å². The predicted molar refractivity (Wildman–Crippen MR) is 91.5 cm³/mol. The molecule has 1 aromatic rings. The van der Waals surface area contributed by atoms with Crippen molar-refractivity contribution in [2.75, 3.05) is 19.6 Å². The second-order valence-electron chi connectivity index (χ2n) is 6.73. The van der Waals surface area contributed by atoms with Gasteiger partial charge in [-0.3, -0.25) is 4.90 Å². The number of carbonyl (C=O) groups is 1. The van der Waals surface area contributed by atoms with E-state index in [4.69, 9.17) is 0 Å². The number of carbonyl (C=O) groups excluding carboxylic acids is 1. The van der Waals surface area contributed by atoms with Crippen LogP contribution >= 0.6 is 0 Å². The van der Waals surface area contributed by atoms with Gasteiger partial charge in [0.1, 0.15) is 0 Å². The van der Waals surface area contributed by atoms with Crippen molar-refractivity contribution in [3.63, 3.8) is 0 Å². The molecule has 0 aliphatic carbocycles. The number of nitrogens with one attached hydrogen (secondary N) is 2. The quantitative estimate of drug-likeness (QED) is 0.864. The highest BCUT2D eigenvalue weighted by Gasteiger charge is 2.23. The van der Waals surface area contributed by atoms with Crippen LogP contribution in [0.15, 0.2) is 18.2 Å². The molecule has 1 aliphatic heterocycles. The molecule has 4 nitrogen and oxygen atoms in total. The number of amides is 2. The van der Waals surface area contributed by atoms with E-state index in [1.54, 1.807) is 4.90 Å². The summed E-state index contributed by atoms with van der Waals surface area (Å²) in [6, 6.07) is 6.01. The average Bonchev–Trinajstić information content (AvgIpc) is 2.47. The van der Waals surface area contributed by atoms with Gasteiger partial charge in [0.05, 0.1) is 12.6 Å². The maximum absolute atomic E-state index is 12.4. The minimum Gasteiger partial charge on any atom is -0.335 e. The van der Waals surface area contributed by atoms with Gasteiger partial charge in [-0.15, -0.1) is 0 Å². The van der Waals surface area contributed by atoms with Gasteiger partial charge < -0.3 is 10.6 Å². The van der Waals surface area contributed by atoms with Gasteiger partial charge in [-0.05, 0) is 39.2 Å². The average molecular weight is 339 g/mol. The smallest absolute Gasteiger partial charge is 0.315 e. The number of hydrogen-bond donors (Lipinski definition) is 2. The third-order valence-electron chi connectivity index (χ3n) is 4.41. The number of rotatable bonds is 5. The molecular formula is C18H27F2N3O. The fourth-order valence-corrected chi connectivity index (χ4v) is 3.22. The van der Waals surface area contributed by atoms with Gasteiger partial charge in [-0.1, -0.05) is 29.3 Å². The molecule has 1 saturated heterocycles. The van der Waals surface area contributed by atoms with Crippen LogP contribution in [-0.4, -0.2) is 43.0 Å². The van der Waals surface area contributed by atoms with Crippen molar-refractivity contribution in [3.05, 3.63) is 34.9 Å². The molecule has 6 heteroatoms. The molecule has 2 N–H and O–H groups in total. The Balaban J connectivity index is 1.79. The lowest BCUT2D eigenvalue weighted by molar-refractivity contribution is 0.0736. The minimum absolute atomic E-state index is 0.0466. The molecule has 1 aliphatic rings. The summed E-state index contributed by atoms with van der Waals surface area (Å²) in [5.41, 5.74) is 3.42. The Morgan fingerprint density at radius 3 is 2.33 bits per heavy atom. The fourth-order valence-electron chi connectivity index (χ4n) is 3.22. The van der Waals surface area contributed by atoms with Crippen molar-refractivity contribution < 1.29 is 13.6 Å². The van der Waals surface area contributed by atoms with Crippen molar-refractivity contribution >= 4 is 6.03 Å². The lowest BCUT2D eigenvalue weighted by atomic mass is 10.0. The lowest BCUT2D eigenvalue weighted by Gasteiger charge is -2.32. The number of benzene rings is 1. The number of alkyl halides is 2. The van der Waals surface area contributed by atoms with E-state index in [1.807, 2.05) is 20.8 Å². The number of urea groups is 1. The Hall–Kier alpha value is -1.69. The summed E-state index contributed by atoms with van der Waals surface area (Å²) >= 11 is 0. The first kappa shape index (κ1) is 18.6. The first-order chi connectivity index (χ1) is 11.3. The molecule has 0 spiro atoms. The third kappa shape index (κ3) is 5.74. The molecular weight excluding hydrogens is 312 g/mol. The van der Waals surface area contributed by atoms with Gasteiger partial charge >= 0.3 is 6.03 Å². The second kappa shape index (κ2) is 8.42. The molecule has 134 valence electrons. The fraction of sp³-hybridized carbons (Fsp3) is 0.611. The Morgan fingerprint density at radius 1 is 1.21 bits per heavy atom. The topological polar surface area (TPSA) is 44.4 Å². The summed E-state index contributed by atoms with van der Waals surface area (Å²) in [5.74, 6) is 0. The van der Waals surface area contributed by atoms with E-state index in [9.17, 15) is 13.6 Å². The molecule has 0 bridgehead atoms. The number of nitrogens with zero attached hydrogens (tertiary/aromatic N) is 1. The number of hydrogen-bond acceptors (Lipinski definition) is 2. The summed E-state index contributed by atoms with van der Waals surface area (Å²) < 4.78 is 24.7. The van der Waals surface area contributed by atoms with E-state index >= 15 is 0 Å². The highest BCUT2D eigenvalue weighted by Crippen LogP contribution is 2.17. The molecule has 2 rings (SSSR count). The van der Waals surface area contributed by atoms with E-state index in [2.05, 4.69) is 28.8 Å². The molecule has 0 saturated carbocycles. The van der Waals surface area contributed by atoms with Gasteiger partial charge in [0.25, 0.3) is 6.43 Å². The second-order valence-corrected chi connectivity index (χ2v) is 6.73. The predicted octanol–water partition coefficient (Wildman–Crippen LogP) is 3.39. The van der Waals surface area contributed by atoms with Crippen LogP contribution in [0.25, 0.3) is 0 Å².